The first-order chi connectivity index (χ1) is 8.86. The number of urea groups is 1. The Morgan fingerprint density at radius 3 is 2.47 bits per heavy atom. The summed E-state index contributed by atoms with van der Waals surface area (Å²) in [5.74, 6) is -0.220. The van der Waals surface area contributed by atoms with E-state index in [9.17, 15) is 9.59 Å². The highest BCUT2D eigenvalue weighted by molar-refractivity contribution is 5.76. The average molecular weight is 270 g/mol. The van der Waals surface area contributed by atoms with Crippen molar-refractivity contribution in [1.82, 2.24) is 9.80 Å². The molecule has 5 nitrogen and oxygen atoms in total. The maximum absolute atomic E-state index is 12.4. The molecule has 1 N–H and O–H groups in total. The van der Waals surface area contributed by atoms with Gasteiger partial charge in [0.2, 0.25) is 0 Å². The Kier molecular flexibility index (Phi) is 5.63. The zero-order valence-electron chi connectivity index (χ0n) is 12.4. The molecular weight excluding hydrogens is 244 g/mol. The van der Waals surface area contributed by atoms with Crippen LogP contribution in [0.1, 0.15) is 34.1 Å². The van der Waals surface area contributed by atoms with Crippen molar-refractivity contribution >= 4 is 12.0 Å². The molecule has 0 radical (unpaired) electrons. The molecule has 0 saturated carbocycles. The third-order valence-corrected chi connectivity index (χ3v) is 4.17. The standard InChI is InChI=1S/C14H26N2O3/c1-5-15(9-12(4)13(17)18)14(19)16-7-6-10(2)11(3)8-16/h10-12H,5-9H2,1-4H3,(H,17,18). The summed E-state index contributed by atoms with van der Waals surface area (Å²) in [6.07, 6.45) is 1.03. The second kappa shape index (κ2) is 6.78. The topological polar surface area (TPSA) is 60.9 Å². The number of carbonyl (C=O) groups is 2. The highest BCUT2D eigenvalue weighted by atomic mass is 16.4. The molecule has 1 aliphatic heterocycles. The van der Waals surface area contributed by atoms with Crippen molar-refractivity contribution in [1.29, 1.82) is 0 Å². The minimum Gasteiger partial charge on any atom is -0.481 e. The van der Waals surface area contributed by atoms with E-state index in [2.05, 4.69) is 13.8 Å². The summed E-state index contributed by atoms with van der Waals surface area (Å²) in [6.45, 7) is 10.3. The van der Waals surface area contributed by atoms with Crippen LogP contribution < -0.4 is 0 Å². The fraction of sp³-hybridized carbons (Fsp3) is 0.857. The fourth-order valence-electron chi connectivity index (χ4n) is 2.39. The van der Waals surface area contributed by atoms with Gasteiger partial charge in [-0.15, -0.1) is 0 Å². The van der Waals surface area contributed by atoms with E-state index in [4.69, 9.17) is 5.11 Å². The Hall–Kier alpha value is -1.26. The Morgan fingerprint density at radius 1 is 1.37 bits per heavy atom. The molecule has 0 bridgehead atoms. The molecule has 0 spiro atoms. The zero-order chi connectivity index (χ0) is 14.6. The van der Waals surface area contributed by atoms with Crippen LogP contribution >= 0.6 is 0 Å². The lowest BCUT2D eigenvalue weighted by molar-refractivity contribution is -0.141. The largest absolute Gasteiger partial charge is 0.481 e. The minimum absolute atomic E-state index is 0.0191. The maximum Gasteiger partial charge on any atom is 0.320 e. The van der Waals surface area contributed by atoms with Crippen LogP contribution in [0.2, 0.25) is 0 Å². The minimum atomic E-state index is -0.855. The van der Waals surface area contributed by atoms with Crippen LogP contribution in [0.5, 0.6) is 0 Å². The number of nitrogens with zero attached hydrogens (tertiary/aromatic N) is 2. The van der Waals surface area contributed by atoms with Gasteiger partial charge in [-0.2, -0.15) is 0 Å². The first kappa shape index (κ1) is 15.8. The van der Waals surface area contributed by atoms with Gasteiger partial charge in [0.15, 0.2) is 0 Å². The van der Waals surface area contributed by atoms with Gasteiger partial charge in [0.25, 0.3) is 0 Å². The van der Waals surface area contributed by atoms with E-state index in [1.807, 2.05) is 11.8 Å². The van der Waals surface area contributed by atoms with Gasteiger partial charge in [0.05, 0.1) is 5.92 Å². The van der Waals surface area contributed by atoms with Crippen LogP contribution in [0.3, 0.4) is 0 Å². The van der Waals surface area contributed by atoms with E-state index in [1.165, 1.54) is 0 Å². The Bertz CT molecular complexity index is 333. The van der Waals surface area contributed by atoms with E-state index in [0.717, 1.165) is 19.5 Å². The van der Waals surface area contributed by atoms with Crippen molar-refractivity contribution in [3.05, 3.63) is 0 Å². The van der Waals surface area contributed by atoms with Gasteiger partial charge in [-0.25, -0.2) is 4.79 Å². The van der Waals surface area contributed by atoms with E-state index < -0.39 is 11.9 Å². The Morgan fingerprint density at radius 2 is 2.00 bits per heavy atom. The van der Waals surface area contributed by atoms with E-state index in [0.29, 0.717) is 18.4 Å². The molecule has 2 amide bonds. The molecule has 5 heteroatoms. The lowest BCUT2D eigenvalue weighted by Gasteiger charge is -2.38. The molecule has 110 valence electrons. The molecule has 0 aromatic heterocycles. The van der Waals surface area contributed by atoms with Gasteiger partial charge < -0.3 is 14.9 Å². The van der Waals surface area contributed by atoms with Crippen LogP contribution in [0.4, 0.5) is 4.79 Å². The van der Waals surface area contributed by atoms with E-state index >= 15 is 0 Å². The molecule has 3 unspecified atom stereocenters. The summed E-state index contributed by atoms with van der Waals surface area (Å²) >= 11 is 0. The summed E-state index contributed by atoms with van der Waals surface area (Å²) in [5.41, 5.74) is 0. The lowest BCUT2D eigenvalue weighted by atomic mass is 9.89. The number of aliphatic carboxylic acids is 1. The molecule has 1 heterocycles. The number of rotatable bonds is 4. The van der Waals surface area contributed by atoms with E-state index in [-0.39, 0.29) is 12.6 Å². The molecule has 0 aliphatic carbocycles. The van der Waals surface area contributed by atoms with Crippen molar-refractivity contribution in [2.75, 3.05) is 26.2 Å². The van der Waals surface area contributed by atoms with Crippen LogP contribution in [-0.2, 0) is 4.79 Å². The average Bonchev–Trinajstić information content (AvgIpc) is 2.37. The molecule has 1 fully saturated rings. The summed E-state index contributed by atoms with van der Waals surface area (Å²) in [7, 11) is 0. The molecule has 1 rings (SSSR count). The quantitative estimate of drug-likeness (QED) is 0.851. The van der Waals surface area contributed by atoms with Gasteiger partial charge in [-0.1, -0.05) is 20.8 Å². The summed E-state index contributed by atoms with van der Waals surface area (Å²) in [4.78, 5) is 26.8. The molecule has 1 aliphatic rings. The second-order valence-electron chi connectivity index (χ2n) is 5.75. The zero-order valence-corrected chi connectivity index (χ0v) is 12.4. The molecule has 19 heavy (non-hydrogen) atoms. The highest BCUT2D eigenvalue weighted by Gasteiger charge is 2.29. The Balaban J connectivity index is 2.61. The number of hydrogen-bond donors (Lipinski definition) is 1. The molecular formula is C14H26N2O3. The molecule has 3 atom stereocenters. The number of carboxylic acids is 1. The smallest absolute Gasteiger partial charge is 0.320 e. The van der Waals surface area contributed by atoms with Crippen molar-refractivity contribution < 1.29 is 14.7 Å². The number of carboxylic acid groups (broad SMARTS) is 1. The van der Waals surface area contributed by atoms with Gasteiger partial charge in [0, 0.05) is 26.2 Å². The van der Waals surface area contributed by atoms with Gasteiger partial charge in [0.1, 0.15) is 0 Å². The van der Waals surface area contributed by atoms with Crippen molar-refractivity contribution in [3.63, 3.8) is 0 Å². The lowest BCUT2D eigenvalue weighted by Crippen LogP contribution is -2.50. The van der Waals surface area contributed by atoms with Crippen molar-refractivity contribution in [2.24, 2.45) is 17.8 Å². The van der Waals surface area contributed by atoms with Crippen LogP contribution in [0.25, 0.3) is 0 Å². The first-order valence-electron chi connectivity index (χ1n) is 7.13. The van der Waals surface area contributed by atoms with Gasteiger partial charge >= 0.3 is 12.0 Å². The van der Waals surface area contributed by atoms with Crippen molar-refractivity contribution in [3.8, 4) is 0 Å². The number of hydrogen-bond acceptors (Lipinski definition) is 2. The number of amides is 2. The van der Waals surface area contributed by atoms with Crippen LogP contribution in [0.15, 0.2) is 0 Å². The molecule has 0 aromatic carbocycles. The number of piperidine rings is 1. The summed E-state index contributed by atoms with van der Waals surface area (Å²) in [5, 5.41) is 8.94. The Labute approximate surface area is 115 Å². The number of carbonyl (C=O) groups excluding carboxylic acids is 1. The predicted octanol–water partition coefficient (Wildman–Crippen LogP) is 2.13. The first-order valence-corrected chi connectivity index (χ1v) is 7.13. The highest BCUT2D eigenvalue weighted by Crippen LogP contribution is 2.23. The second-order valence-corrected chi connectivity index (χ2v) is 5.75. The van der Waals surface area contributed by atoms with Gasteiger partial charge in [-0.05, 0) is 25.2 Å². The third-order valence-electron chi connectivity index (χ3n) is 4.17. The van der Waals surface area contributed by atoms with Crippen LogP contribution in [-0.4, -0.2) is 53.1 Å². The van der Waals surface area contributed by atoms with Crippen molar-refractivity contribution in [2.45, 2.75) is 34.1 Å². The molecule has 0 aromatic rings. The number of likely N-dealkylation sites (tertiary alicyclic amines) is 1. The SMILES string of the molecule is CCN(CC(C)C(=O)O)C(=O)N1CCC(C)C(C)C1. The maximum atomic E-state index is 12.4. The molecule has 1 saturated heterocycles. The monoisotopic (exact) mass is 270 g/mol. The fourth-order valence-corrected chi connectivity index (χ4v) is 2.39. The normalized spacial score (nSPS) is 24.9. The van der Waals surface area contributed by atoms with Crippen LogP contribution in [0, 0.1) is 17.8 Å². The van der Waals surface area contributed by atoms with Gasteiger partial charge in [-0.3, -0.25) is 4.79 Å². The predicted molar refractivity (Wildman–Crippen MR) is 74.0 cm³/mol. The summed E-state index contributed by atoms with van der Waals surface area (Å²) in [6, 6.07) is -0.0191. The van der Waals surface area contributed by atoms with E-state index in [1.54, 1.807) is 11.8 Å². The third kappa shape index (κ3) is 4.11. The summed E-state index contributed by atoms with van der Waals surface area (Å²) < 4.78 is 0.